The Kier molecular flexibility index (Phi) is 5.87. The first kappa shape index (κ1) is 19.7. The molecule has 2 N–H and O–H groups in total. The molecule has 3 aromatic rings. The van der Waals surface area contributed by atoms with Gasteiger partial charge in [0, 0.05) is 29.3 Å². The molecule has 28 heavy (non-hydrogen) atoms. The number of nitrogens with one attached hydrogen (secondary N) is 2. The van der Waals surface area contributed by atoms with Gasteiger partial charge in [-0.25, -0.2) is 4.98 Å². The van der Waals surface area contributed by atoms with Gasteiger partial charge in [0.15, 0.2) is 11.5 Å². The summed E-state index contributed by atoms with van der Waals surface area (Å²) < 4.78 is 10.7. The fourth-order valence-electron chi connectivity index (χ4n) is 3.27. The second-order valence-electron chi connectivity index (χ2n) is 6.84. The first-order chi connectivity index (χ1) is 13.5. The molecule has 0 aliphatic heterocycles. The lowest BCUT2D eigenvalue weighted by atomic mass is 10.0. The summed E-state index contributed by atoms with van der Waals surface area (Å²) >= 11 is 0. The Morgan fingerprint density at radius 1 is 1.11 bits per heavy atom. The Bertz CT molecular complexity index is 949. The number of hydrogen-bond acceptors (Lipinski definition) is 4. The summed E-state index contributed by atoms with van der Waals surface area (Å²) in [5, 5.41) is 3.07. The molecule has 0 fully saturated rings. The number of hydrogen-bond donors (Lipinski definition) is 2. The van der Waals surface area contributed by atoms with Gasteiger partial charge in [0.1, 0.15) is 5.82 Å². The number of carbonyl (C=O) groups is 1. The Morgan fingerprint density at radius 3 is 2.43 bits per heavy atom. The Labute approximate surface area is 165 Å². The summed E-state index contributed by atoms with van der Waals surface area (Å²) in [6, 6.07) is 9.66. The largest absolute Gasteiger partial charge is 0.493 e. The van der Waals surface area contributed by atoms with Crippen molar-refractivity contribution >= 4 is 22.6 Å². The van der Waals surface area contributed by atoms with Crippen molar-refractivity contribution < 1.29 is 14.3 Å². The molecular weight excluding hydrogens is 354 g/mol. The monoisotopic (exact) mass is 381 g/mol. The Balaban J connectivity index is 1.96. The van der Waals surface area contributed by atoms with Gasteiger partial charge in [-0.3, -0.25) is 4.79 Å². The van der Waals surface area contributed by atoms with Crippen LogP contribution in [0.15, 0.2) is 30.3 Å². The van der Waals surface area contributed by atoms with Crippen molar-refractivity contribution in [2.24, 2.45) is 5.92 Å². The van der Waals surface area contributed by atoms with E-state index in [1.54, 1.807) is 14.2 Å². The lowest BCUT2D eigenvalue weighted by Gasteiger charge is -2.15. The second kappa shape index (κ2) is 8.33. The van der Waals surface area contributed by atoms with Gasteiger partial charge in [-0.1, -0.05) is 26.0 Å². The molecule has 3 rings (SSSR count). The lowest BCUT2D eigenvalue weighted by molar-refractivity contribution is -0.120. The van der Waals surface area contributed by atoms with Crippen molar-refractivity contribution in [3.63, 3.8) is 0 Å². The highest BCUT2D eigenvalue weighted by molar-refractivity contribution is 5.94. The molecule has 0 spiro atoms. The third-order valence-corrected chi connectivity index (χ3v) is 5.11. The predicted molar refractivity (Wildman–Crippen MR) is 112 cm³/mol. The molecule has 0 aliphatic rings. The van der Waals surface area contributed by atoms with Crippen LogP contribution < -0.4 is 14.8 Å². The van der Waals surface area contributed by atoms with Crippen LogP contribution in [0.3, 0.4) is 0 Å². The van der Waals surface area contributed by atoms with Crippen LogP contribution in [0.25, 0.3) is 22.4 Å². The number of rotatable bonds is 7. The standard InChI is InChI=1S/C22H27N3O3/c1-6-14(7-2)22(26)25-16-10-15(9-8-13(16)3)21-23-17-11-19(27-4)20(28-5)12-18(17)24-21/h8-12,14H,6-7H2,1-5H3,(H,23,24)(H,25,26). The van der Waals surface area contributed by atoms with Gasteiger partial charge >= 0.3 is 0 Å². The zero-order valence-electron chi connectivity index (χ0n) is 17.1. The quantitative estimate of drug-likeness (QED) is 0.608. The van der Waals surface area contributed by atoms with Crippen molar-refractivity contribution in [2.45, 2.75) is 33.6 Å². The van der Waals surface area contributed by atoms with Crippen LogP contribution in [0.5, 0.6) is 11.5 Å². The topological polar surface area (TPSA) is 76.2 Å². The zero-order chi connectivity index (χ0) is 20.3. The number of methoxy groups -OCH3 is 2. The van der Waals surface area contributed by atoms with Gasteiger partial charge in [-0.15, -0.1) is 0 Å². The number of imidazole rings is 1. The average Bonchev–Trinajstić information content (AvgIpc) is 3.12. The highest BCUT2D eigenvalue weighted by Crippen LogP contribution is 2.33. The van der Waals surface area contributed by atoms with Gasteiger partial charge < -0.3 is 19.8 Å². The van der Waals surface area contributed by atoms with Crippen LogP contribution in [0.1, 0.15) is 32.3 Å². The molecule has 0 saturated carbocycles. The normalized spacial score (nSPS) is 11.1. The lowest BCUT2D eigenvalue weighted by Crippen LogP contribution is -2.22. The fourth-order valence-corrected chi connectivity index (χ4v) is 3.27. The Morgan fingerprint density at radius 2 is 1.79 bits per heavy atom. The summed E-state index contributed by atoms with van der Waals surface area (Å²) in [4.78, 5) is 20.5. The third kappa shape index (κ3) is 3.81. The van der Waals surface area contributed by atoms with Crippen molar-refractivity contribution in [1.29, 1.82) is 0 Å². The summed E-state index contributed by atoms with van der Waals surface area (Å²) in [6.07, 6.45) is 1.66. The third-order valence-electron chi connectivity index (χ3n) is 5.11. The molecule has 0 aliphatic carbocycles. The van der Waals surface area contributed by atoms with Crippen LogP contribution in [0, 0.1) is 12.8 Å². The average molecular weight is 381 g/mol. The number of H-pyrrole nitrogens is 1. The molecule has 0 unspecified atom stereocenters. The number of benzene rings is 2. The molecule has 0 atom stereocenters. The number of ether oxygens (including phenoxy) is 2. The molecule has 1 aromatic heterocycles. The second-order valence-corrected chi connectivity index (χ2v) is 6.84. The maximum Gasteiger partial charge on any atom is 0.227 e. The smallest absolute Gasteiger partial charge is 0.227 e. The number of aryl methyl sites for hydroxylation is 1. The highest BCUT2D eigenvalue weighted by atomic mass is 16.5. The van der Waals surface area contributed by atoms with Crippen molar-refractivity contribution in [3.8, 4) is 22.9 Å². The molecule has 6 heteroatoms. The minimum absolute atomic E-state index is 0.0224. The molecule has 6 nitrogen and oxygen atoms in total. The molecule has 0 saturated heterocycles. The van der Waals surface area contributed by atoms with Crippen LogP contribution in [-0.2, 0) is 4.79 Å². The van der Waals surface area contributed by atoms with Crippen LogP contribution >= 0.6 is 0 Å². The maximum absolute atomic E-state index is 12.5. The number of anilines is 1. The molecular formula is C22H27N3O3. The van der Waals surface area contributed by atoms with E-state index in [-0.39, 0.29) is 11.8 Å². The minimum atomic E-state index is 0.0224. The van der Waals surface area contributed by atoms with Gasteiger partial charge in [-0.05, 0) is 31.4 Å². The van der Waals surface area contributed by atoms with E-state index in [0.717, 1.165) is 46.5 Å². The number of aromatic amines is 1. The van der Waals surface area contributed by atoms with E-state index >= 15 is 0 Å². The number of aromatic nitrogens is 2. The SMILES string of the molecule is CCC(CC)C(=O)Nc1cc(-c2nc3cc(OC)c(OC)cc3[nH]2)ccc1C. The predicted octanol–water partition coefficient (Wildman–Crippen LogP) is 4.93. The van der Waals surface area contributed by atoms with Crippen LogP contribution in [-0.4, -0.2) is 30.1 Å². The number of amides is 1. The van der Waals surface area contributed by atoms with E-state index in [4.69, 9.17) is 9.47 Å². The number of carbonyl (C=O) groups excluding carboxylic acids is 1. The van der Waals surface area contributed by atoms with Crippen molar-refractivity contribution in [1.82, 2.24) is 9.97 Å². The van der Waals surface area contributed by atoms with Gasteiger partial charge in [0.25, 0.3) is 0 Å². The van der Waals surface area contributed by atoms with Gasteiger partial charge in [0.2, 0.25) is 5.91 Å². The number of fused-ring (bicyclic) bond motifs is 1. The molecule has 0 radical (unpaired) electrons. The Hall–Kier alpha value is -3.02. The minimum Gasteiger partial charge on any atom is -0.493 e. The molecule has 2 aromatic carbocycles. The molecule has 1 heterocycles. The summed E-state index contributed by atoms with van der Waals surface area (Å²) in [5.41, 5.74) is 4.37. The van der Waals surface area contributed by atoms with Crippen LogP contribution in [0.4, 0.5) is 5.69 Å². The molecule has 148 valence electrons. The van der Waals surface area contributed by atoms with Gasteiger partial charge in [-0.2, -0.15) is 0 Å². The fraction of sp³-hybridized carbons (Fsp3) is 0.364. The van der Waals surface area contributed by atoms with E-state index in [2.05, 4.69) is 15.3 Å². The summed E-state index contributed by atoms with van der Waals surface area (Å²) in [6.45, 7) is 6.06. The van der Waals surface area contributed by atoms with Crippen molar-refractivity contribution in [2.75, 3.05) is 19.5 Å². The van der Waals surface area contributed by atoms with E-state index in [0.29, 0.717) is 11.5 Å². The summed E-state index contributed by atoms with van der Waals surface area (Å²) in [7, 11) is 3.21. The van der Waals surface area contributed by atoms with Gasteiger partial charge in [0.05, 0.1) is 25.3 Å². The maximum atomic E-state index is 12.5. The van der Waals surface area contributed by atoms with Crippen molar-refractivity contribution in [3.05, 3.63) is 35.9 Å². The first-order valence-electron chi connectivity index (χ1n) is 9.54. The zero-order valence-corrected chi connectivity index (χ0v) is 17.1. The first-order valence-corrected chi connectivity index (χ1v) is 9.54. The van der Waals surface area contributed by atoms with E-state index in [9.17, 15) is 4.79 Å². The summed E-state index contributed by atoms with van der Waals surface area (Å²) in [5.74, 6) is 2.09. The van der Waals surface area contributed by atoms with Crippen LogP contribution in [0.2, 0.25) is 0 Å². The molecule has 1 amide bonds. The highest BCUT2D eigenvalue weighted by Gasteiger charge is 2.16. The van der Waals surface area contributed by atoms with E-state index < -0.39 is 0 Å². The number of nitrogens with zero attached hydrogens (tertiary/aromatic N) is 1. The van der Waals surface area contributed by atoms with E-state index in [1.165, 1.54) is 0 Å². The molecule has 0 bridgehead atoms. The van der Waals surface area contributed by atoms with E-state index in [1.807, 2.05) is 51.1 Å².